The summed E-state index contributed by atoms with van der Waals surface area (Å²) in [6, 6.07) is 2.66. The van der Waals surface area contributed by atoms with Crippen molar-refractivity contribution >= 4 is 10.0 Å². The van der Waals surface area contributed by atoms with E-state index in [0.29, 0.717) is 5.56 Å². The third kappa shape index (κ3) is 2.56. The Bertz CT molecular complexity index is 701. The minimum Gasteiger partial charge on any atom is -0.284 e. The molecule has 1 aromatic heterocycles. The molecule has 0 saturated heterocycles. The number of hydrogen-bond donors (Lipinski definition) is 1. The molecule has 0 spiro atoms. The van der Waals surface area contributed by atoms with Crippen molar-refractivity contribution in [2.24, 2.45) is 0 Å². The van der Waals surface area contributed by atoms with Gasteiger partial charge in [-0.15, -0.1) is 0 Å². The van der Waals surface area contributed by atoms with Crippen LogP contribution in [0.5, 0.6) is 0 Å². The van der Waals surface area contributed by atoms with Crippen molar-refractivity contribution in [2.75, 3.05) is 7.05 Å². The van der Waals surface area contributed by atoms with Gasteiger partial charge in [-0.25, -0.2) is 17.2 Å². The number of benzene rings is 1. The van der Waals surface area contributed by atoms with Crippen LogP contribution in [-0.4, -0.2) is 30.0 Å². The van der Waals surface area contributed by atoms with E-state index in [1.807, 2.05) is 0 Å². The monoisotopic (exact) mass is 301 g/mol. The van der Waals surface area contributed by atoms with Gasteiger partial charge in [0.05, 0.1) is 6.20 Å². The van der Waals surface area contributed by atoms with E-state index in [1.165, 1.54) is 25.5 Å². The van der Waals surface area contributed by atoms with Gasteiger partial charge in [0.2, 0.25) is 10.0 Å². The van der Waals surface area contributed by atoms with E-state index in [4.69, 9.17) is 0 Å². The van der Waals surface area contributed by atoms with Crippen LogP contribution in [0.2, 0.25) is 0 Å². The predicted molar refractivity (Wildman–Crippen MR) is 68.3 cm³/mol. The Morgan fingerprint density at radius 1 is 1.30 bits per heavy atom. The number of H-pyrrole nitrogens is 1. The molecule has 5 nitrogen and oxygen atoms in total. The summed E-state index contributed by atoms with van der Waals surface area (Å²) in [5, 5.41) is 6.01. The molecule has 1 N–H and O–H groups in total. The number of sulfonamides is 1. The lowest BCUT2D eigenvalue weighted by Gasteiger charge is -2.24. The number of halogens is 2. The normalized spacial score (nSPS) is 13.7. The fraction of sp³-hybridized carbons (Fsp3) is 0.250. The van der Waals surface area contributed by atoms with Crippen LogP contribution in [0, 0.1) is 11.6 Å². The second-order valence-corrected chi connectivity index (χ2v) is 6.30. The molecule has 0 aliphatic carbocycles. The molecule has 2 rings (SSSR count). The highest BCUT2D eigenvalue weighted by Crippen LogP contribution is 2.26. The summed E-state index contributed by atoms with van der Waals surface area (Å²) < 4.78 is 51.7. The van der Waals surface area contributed by atoms with Gasteiger partial charge in [-0.05, 0) is 24.6 Å². The molecule has 1 heterocycles. The van der Waals surface area contributed by atoms with E-state index in [2.05, 4.69) is 10.2 Å². The molecule has 20 heavy (non-hydrogen) atoms. The zero-order valence-corrected chi connectivity index (χ0v) is 11.7. The molecule has 0 bridgehead atoms. The Morgan fingerprint density at radius 3 is 2.55 bits per heavy atom. The van der Waals surface area contributed by atoms with Crippen LogP contribution < -0.4 is 0 Å². The second kappa shape index (κ2) is 5.29. The topological polar surface area (TPSA) is 66.1 Å². The quantitative estimate of drug-likeness (QED) is 0.940. The fourth-order valence-corrected chi connectivity index (χ4v) is 2.99. The average Bonchev–Trinajstić information content (AvgIpc) is 2.95. The number of nitrogens with one attached hydrogen (secondary N) is 1. The van der Waals surface area contributed by atoms with Gasteiger partial charge >= 0.3 is 0 Å². The highest BCUT2D eigenvalue weighted by Gasteiger charge is 2.27. The van der Waals surface area contributed by atoms with Crippen LogP contribution in [0.1, 0.15) is 18.5 Å². The summed E-state index contributed by atoms with van der Waals surface area (Å²) in [5.41, 5.74) is 0.360. The number of rotatable bonds is 4. The summed E-state index contributed by atoms with van der Waals surface area (Å²) in [4.78, 5) is 0.00873. The van der Waals surface area contributed by atoms with Gasteiger partial charge in [-0.3, -0.25) is 5.10 Å². The zero-order chi connectivity index (χ0) is 14.9. The van der Waals surface area contributed by atoms with E-state index in [0.717, 1.165) is 16.4 Å². The lowest BCUT2D eigenvalue weighted by Crippen LogP contribution is -2.29. The molecule has 1 unspecified atom stereocenters. The summed E-state index contributed by atoms with van der Waals surface area (Å²) in [7, 11) is -2.37. The van der Waals surface area contributed by atoms with Crippen molar-refractivity contribution in [3.05, 3.63) is 47.8 Å². The first-order valence-electron chi connectivity index (χ1n) is 5.76. The maximum atomic E-state index is 13.2. The lowest BCUT2D eigenvalue weighted by molar-refractivity contribution is 0.395. The van der Waals surface area contributed by atoms with Gasteiger partial charge in [0, 0.05) is 19.3 Å². The Balaban J connectivity index is 2.33. The van der Waals surface area contributed by atoms with Crippen molar-refractivity contribution in [3.63, 3.8) is 0 Å². The molecule has 0 fully saturated rings. The van der Waals surface area contributed by atoms with Gasteiger partial charge < -0.3 is 0 Å². The smallest absolute Gasteiger partial charge is 0.246 e. The lowest BCUT2D eigenvalue weighted by atomic mass is 10.1. The molecule has 0 amide bonds. The third-order valence-corrected chi connectivity index (χ3v) is 5.02. The van der Waals surface area contributed by atoms with Gasteiger partial charge in [0.15, 0.2) is 11.6 Å². The maximum Gasteiger partial charge on any atom is 0.246 e. The molecule has 1 aromatic carbocycles. The van der Waals surface area contributed by atoms with E-state index >= 15 is 0 Å². The second-order valence-electron chi connectivity index (χ2n) is 4.30. The van der Waals surface area contributed by atoms with Gasteiger partial charge in [-0.2, -0.15) is 9.40 Å². The largest absolute Gasteiger partial charge is 0.284 e. The number of hydrogen-bond acceptors (Lipinski definition) is 3. The first-order chi connectivity index (χ1) is 9.34. The standard InChI is InChI=1S/C12H13F2N3O2S/c1-8(9-3-4-11(13)12(14)5-9)17(2)20(18,19)10-6-15-16-7-10/h3-8H,1-2H3,(H,15,16). The fourth-order valence-electron chi connectivity index (χ4n) is 1.74. The molecule has 8 heteroatoms. The predicted octanol–water partition coefficient (Wildman–Crippen LogP) is 2.07. The summed E-state index contributed by atoms with van der Waals surface area (Å²) in [5.74, 6) is -1.98. The van der Waals surface area contributed by atoms with Crippen LogP contribution in [-0.2, 0) is 10.0 Å². The minimum atomic E-state index is -3.74. The molecular weight excluding hydrogens is 288 g/mol. The Labute approximate surface area is 115 Å². The molecule has 0 saturated carbocycles. The molecule has 0 radical (unpaired) electrons. The summed E-state index contributed by atoms with van der Waals surface area (Å²) in [6.07, 6.45) is 2.44. The van der Waals surface area contributed by atoms with Crippen LogP contribution in [0.3, 0.4) is 0 Å². The van der Waals surface area contributed by atoms with Crippen molar-refractivity contribution < 1.29 is 17.2 Å². The zero-order valence-electron chi connectivity index (χ0n) is 10.8. The van der Waals surface area contributed by atoms with Crippen LogP contribution in [0.25, 0.3) is 0 Å². The molecule has 0 aliphatic heterocycles. The Kier molecular flexibility index (Phi) is 3.87. The molecule has 108 valence electrons. The minimum absolute atomic E-state index is 0.00873. The van der Waals surface area contributed by atoms with Crippen molar-refractivity contribution in [1.29, 1.82) is 0 Å². The first kappa shape index (κ1) is 14.6. The molecule has 0 aliphatic rings. The Morgan fingerprint density at radius 2 is 2.00 bits per heavy atom. The van der Waals surface area contributed by atoms with Gasteiger partial charge in [-0.1, -0.05) is 6.07 Å². The van der Waals surface area contributed by atoms with E-state index in [1.54, 1.807) is 6.92 Å². The van der Waals surface area contributed by atoms with Gasteiger partial charge in [0.25, 0.3) is 0 Å². The van der Waals surface area contributed by atoms with Crippen molar-refractivity contribution in [1.82, 2.24) is 14.5 Å². The van der Waals surface area contributed by atoms with Crippen molar-refractivity contribution in [3.8, 4) is 0 Å². The van der Waals surface area contributed by atoms with Crippen LogP contribution >= 0.6 is 0 Å². The molecular formula is C12H13F2N3O2S. The highest BCUT2D eigenvalue weighted by atomic mass is 32.2. The molecule has 1 atom stereocenters. The van der Waals surface area contributed by atoms with E-state index < -0.39 is 27.7 Å². The Hall–Kier alpha value is -1.80. The van der Waals surface area contributed by atoms with Gasteiger partial charge in [0.1, 0.15) is 4.90 Å². The SMILES string of the molecule is CC(c1ccc(F)c(F)c1)N(C)S(=O)(=O)c1cn[nH]c1. The summed E-state index contributed by atoms with van der Waals surface area (Å²) in [6.45, 7) is 1.59. The van der Waals surface area contributed by atoms with Crippen molar-refractivity contribution in [2.45, 2.75) is 17.9 Å². The first-order valence-corrected chi connectivity index (χ1v) is 7.20. The molecule has 2 aromatic rings. The number of nitrogens with zero attached hydrogens (tertiary/aromatic N) is 2. The third-order valence-electron chi connectivity index (χ3n) is 3.12. The number of aromatic nitrogens is 2. The van der Waals surface area contributed by atoms with Crippen LogP contribution in [0.4, 0.5) is 8.78 Å². The van der Waals surface area contributed by atoms with E-state index in [9.17, 15) is 17.2 Å². The van der Waals surface area contributed by atoms with E-state index in [-0.39, 0.29) is 4.90 Å². The average molecular weight is 301 g/mol. The number of aromatic amines is 1. The summed E-state index contributed by atoms with van der Waals surface area (Å²) >= 11 is 0. The maximum absolute atomic E-state index is 13.2. The van der Waals surface area contributed by atoms with Crippen LogP contribution in [0.15, 0.2) is 35.5 Å². The highest BCUT2D eigenvalue weighted by molar-refractivity contribution is 7.89.